The average Bonchev–Trinajstić information content (AvgIpc) is 2.98. The second-order valence-corrected chi connectivity index (χ2v) is 6.75. The third kappa shape index (κ3) is 4.06. The van der Waals surface area contributed by atoms with Crippen LogP contribution in [0.15, 0.2) is 18.2 Å². The molecule has 1 amide bonds. The van der Waals surface area contributed by atoms with Crippen LogP contribution < -0.4 is 10.1 Å². The number of morpholine rings is 1. The van der Waals surface area contributed by atoms with Gasteiger partial charge in [-0.05, 0) is 26.0 Å². The molecule has 0 saturated carbocycles. The van der Waals surface area contributed by atoms with E-state index in [0.29, 0.717) is 35.4 Å². The van der Waals surface area contributed by atoms with Crippen LogP contribution in [0.4, 0.5) is 5.69 Å². The molecule has 2 aromatic rings. The summed E-state index contributed by atoms with van der Waals surface area (Å²) in [6.07, 6.45) is 0.140. The molecule has 1 fully saturated rings. The van der Waals surface area contributed by atoms with Crippen LogP contribution >= 0.6 is 0 Å². The van der Waals surface area contributed by atoms with Crippen molar-refractivity contribution in [3.63, 3.8) is 0 Å². The number of fused-ring (bicyclic) bond motifs is 1. The minimum absolute atomic E-state index is 0.0698. The first-order valence-corrected chi connectivity index (χ1v) is 8.87. The molecule has 0 unspecified atom stereocenters. The van der Waals surface area contributed by atoms with Crippen LogP contribution in [0.25, 0.3) is 10.9 Å². The fourth-order valence-electron chi connectivity index (χ4n) is 3.56. The lowest BCUT2D eigenvalue weighted by molar-refractivity contribution is -0.121. The standard InChI is InChI=1S/C19H25N3O5/c1-11-8-22(9-12(2)27-11)10-15(23)21-17-16-13(6-5-7-14(16)25-3)20-18(17)19(24)26-4/h5-7,11-12,20H,8-10H2,1-4H3,(H,21,23)/t11-,12+. The number of aromatic nitrogens is 1. The summed E-state index contributed by atoms with van der Waals surface area (Å²) in [5, 5.41) is 3.50. The summed E-state index contributed by atoms with van der Waals surface area (Å²) in [5.41, 5.74) is 1.24. The van der Waals surface area contributed by atoms with Crippen molar-refractivity contribution in [3.05, 3.63) is 23.9 Å². The van der Waals surface area contributed by atoms with E-state index >= 15 is 0 Å². The molecule has 1 saturated heterocycles. The first-order valence-electron chi connectivity index (χ1n) is 8.87. The number of aromatic amines is 1. The van der Waals surface area contributed by atoms with E-state index in [-0.39, 0.29) is 30.4 Å². The van der Waals surface area contributed by atoms with Crippen LogP contribution in [0, 0.1) is 0 Å². The Hall–Kier alpha value is -2.58. The minimum atomic E-state index is -0.558. The van der Waals surface area contributed by atoms with Gasteiger partial charge < -0.3 is 24.5 Å². The number of rotatable bonds is 5. The molecule has 2 heterocycles. The van der Waals surface area contributed by atoms with Gasteiger partial charge in [0.1, 0.15) is 11.4 Å². The highest BCUT2D eigenvalue weighted by molar-refractivity contribution is 6.13. The van der Waals surface area contributed by atoms with Crippen LogP contribution in [0.1, 0.15) is 24.3 Å². The summed E-state index contributed by atoms with van der Waals surface area (Å²) < 4.78 is 16.0. The molecule has 0 spiro atoms. The molecular formula is C19H25N3O5. The van der Waals surface area contributed by atoms with Gasteiger partial charge in [0.25, 0.3) is 0 Å². The van der Waals surface area contributed by atoms with Gasteiger partial charge in [-0.15, -0.1) is 0 Å². The summed E-state index contributed by atoms with van der Waals surface area (Å²) >= 11 is 0. The number of H-pyrrole nitrogens is 1. The quantitative estimate of drug-likeness (QED) is 0.777. The predicted molar refractivity (Wildman–Crippen MR) is 101 cm³/mol. The van der Waals surface area contributed by atoms with Crippen molar-refractivity contribution < 1.29 is 23.8 Å². The first-order chi connectivity index (χ1) is 12.9. The number of carbonyl (C=O) groups excluding carboxylic acids is 2. The molecule has 3 rings (SSSR count). The summed E-state index contributed by atoms with van der Waals surface area (Å²) in [6, 6.07) is 5.39. The number of nitrogens with zero attached hydrogens (tertiary/aromatic N) is 1. The topological polar surface area (TPSA) is 92.9 Å². The van der Waals surface area contributed by atoms with Crippen molar-refractivity contribution in [1.29, 1.82) is 0 Å². The van der Waals surface area contributed by atoms with Crippen molar-refractivity contribution in [3.8, 4) is 5.75 Å². The molecule has 146 valence electrons. The Balaban J connectivity index is 1.88. The van der Waals surface area contributed by atoms with E-state index in [1.54, 1.807) is 19.2 Å². The summed E-state index contributed by atoms with van der Waals surface area (Å²) in [5.74, 6) is -0.215. The third-order valence-electron chi connectivity index (χ3n) is 4.52. The second-order valence-electron chi connectivity index (χ2n) is 6.75. The highest BCUT2D eigenvalue weighted by Gasteiger charge is 2.26. The number of amides is 1. The molecule has 1 aromatic carbocycles. The number of hydrogen-bond donors (Lipinski definition) is 2. The lowest BCUT2D eigenvalue weighted by Gasteiger charge is -2.34. The van der Waals surface area contributed by atoms with Gasteiger partial charge in [0.05, 0.1) is 49.6 Å². The number of nitrogens with one attached hydrogen (secondary N) is 2. The van der Waals surface area contributed by atoms with Crippen molar-refractivity contribution in [1.82, 2.24) is 9.88 Å². The van der Waals surface area contributed by atoms with Gasteiger partial charge in [-0.3, -0.25) is 9.69 Å². The smallest absolute Gasteiger partial charge is 0.356 e. The van der Waals surface area contributed by atoms with Crippen LogP contribution in [0.2, 0.25) is 0 Å². The van der Waals surface area contributed by atoms with E-state index in [0.717, 1.165) is 0 Å². The van der Waals surface area contributed by atoms with Crippen LogP contribution in [0.5, 0.6) is 5.75 Å². The zero-order chi connectivity index (χ0) is 19.6. The highest BCUT2D eigenvalue weighted by atomic mass is 16.5. The van der Waals surface area contributed by atoms with Gasteiger partial charge in [-0.25, -0.2) is 4.79 Å². The molecule has 0 radical (unpaired) electrons. The number of benzene rings is 1. The second kappa shape index (κ2) is 7.98. The fraction of sp³-hybridized carbons (Fsp3) is 0.474. The number of hydrogen-bond acceptors (Lipinski definition) is 6. The SMILES string of the molecule is COC(=O)c1[nH]c2cccc(OC)c2c1NC(=O)CN1C[C@@H](C)O[C@@H](C)C1. The van der Waals surface area contributed by atoms with Crippen molar-refractivity contribution in [2.75, 3.05) is 39.2 Å². The summed E-state index contributed by atoms with van der Waals surface area (Å²) in [6.45, 7) is 5.54. The maximum absolute atomic E-state index is 12.7. The number of anilines is 1. The average molecular weight is 375 g/mol. The van der Waals surface area contributed by atoms with Crippen LogP contribution in [0.3, 0.4) is 0 Å². The highest BCUT2D eigenvalue weighted by Crippen LogP contribution is 2.35. The maximum Gasteiger partial charge on any atom is 0.356 e. The van der Waals surface area contributed by atoms with Gasteiger partial charge in [0.15, 0.2) is 0 Å². The number of methoxy groups -OCH3 is 2. The Labute approximate surface area is 157 Å². The molecule has 0 bridgehead atoms. The van der Waals surface area contributed by atoms with E-state index < -0.39 is 5.97 Å². The van der Waals surface area contributed by atoms with Crippen molar-refractivity contribution >= 4 is 28.5 Å². The van der Waals surface area contributed by atoms with E-state index in [1.165, 1.54) is 7.11 Å². The van der Waals surface area contributed by atoms with Gasteiger partial charge in [0, 0.05) is 13.1 Å². The molecular weight excluding hydrogens is 350 g/mol. The molecule has 0 aliphatic carbocycles. The van der Waals surface area contributed by atoms with Gasteiger partial charge in [0.2, 0.25) is 5.91 Å². The van der Waals surface area contributed by atoms with Crippen LogP contribution in [-0.2, 0) is 14.3 Å². The monoisotopic (exact) mass is 375 g/mol. The number of ether oxygens (including phenoxy) is 3. The Morgan fingerprint density at radius 2 is 1.96 bits per heavy atom. The van der Waals surface area contributed by atoms with E-state index in [2.05, 4.69) is 10.3 Å². The summed E-state index contributed by atoms with van der Waals surface area (Å²) in [4.78, 5) is 29.9. The number of carbonyl (C=O) groups is 2. The largest absolute Gasteiger partial charge is 0.496 e. The molecule has 2 atom stereocenters. The lowest BCUT2D eigenvalue weighted by atomic mass is 10.2. The first kappa shape index (κ1) is 19.2. The van der Waals surface area contributed by atoms with E-state index in [1.807, 2.05) is 24.8 Å². The molecule has 8 nitrogen and oxygen atoms in total. The Morgan fingerprint density at radius 3 is 2.59 bits per heavy atom. The maximum atomic E-state index is 12.7. The summed E-state index contributed by atoms with van der Waals surface area (Å²) in [7, 11) is 2.84. The fourth-order valence-corrected chi connectivity index (χ4v) is 3.56. The minimum Gasteiger partial charge on any atom is -0.496 e. The van der Waals surface area contributed by atoms with Gasteiger partial charge in [-0.1, -0.05) is 6.07 Å². The van der Waals surface area contributed by atoms with Gasteiger partial charge in [-0.2, -0.15) is 0 Å². The van der Waals surface area contributed by atoms with Crippen molar-refractivity contribution in [2.24, 2.45) is 0 Å². The molecule has 1 aromatic heterocycles. The normalized spacial score (nSPS) is 20.4. The van der Waals surface area contributed by atoms with E-state index in [4.69, 9.17) is 14.2 Å². The number of esters is 1. The molecule has 2 N–H and O–H groups in total. The lowest BCUT2D eigenvalue weighted by Crippen LogP contribution is -2.48. The zero-order valence-corrected chi connectivity index (χ0v) is 16.0. The van der Waals surface area contributed by atoms with E-state index in [9.17, 15) is 9.59 Å². The van der Waals surface area contributed by atoms with Crippen molar-refractivity contribution in [2.45, 2.75) is 26.1 Å². The predicted octanol–water partition coefficient (Wildman–Crippen LogP) is 2.01. The van der Waals surface area contributed by atoms with Crippen LogP contribution in [-0.4, -0.2) is 67.8 Å². The molecule has 1 aliphatic heterocycles. The third-order valence-corrected chi connectivity index (χ3v) is 4.52. The van der Waals surface area contributed by atoms with Gasteiger partial charge >= 0.3 is 5.97 Å². The molecule has 8 heteroatoms. The Morgan fingerprint density at radius 1 is 1.26 bits per heavy atom. The Kier molecular flexibility index (Phi) is 5.67. The molecule has 27 heavy (non-hydrogen) atoms. The molecule has 1 aliphatic rings. The zero-order valence-electron chi connectivity index (χ0n) is 16.0. The Bertz CT molecular complexity index is 837.